The molecule has 0 aliphatic carbocycles. The Labute approximate surface area is 135 Å². The van der Waals surface area contributed by atoms with Crippen LogP contribution in [0, 0.1) is 5.82 Å². The van der Waals surface area contributed by atoms with E-state index in [1.807, 2.05) is 0 Å². The number of hydrogen-bond acceptors (Lipinski definition) is 4. The first-order valence-corrected chi connectivity index (χ1v) is 7.75. The minimum absolute atomic E-state index is 0.177. The summed E-state index contributed by atoms with van der Waals surface area (Å²) in [5, 5.41) is 2.58. The zero-order valence-corrected chi connectivity index (χ0v) is 13.3. The number of morpholine rings is 1. The molecule has 0 spiro atoms. The van der Waals surface area contributed by atoms with Crippen LogP contribution in [-0.2, 0) is 9.47 Å². The molecule has 0 bridgehead atoms. The summed E-state index contributed by atoms with van der Waals surface area (Å²) in [5.74, 6) is -0.753. The van der Waals surface area contributed by atoms with Gasteiger partial charge in [0.05, 0.1) is 26.9 Å². The molecular formula is C16H23FN3O3+. The molecule has 2 rings (SSSR count). The summed E-state index contributed by atoms with van der Waals surface area (Å²) in [6.07, 6.45) is 0.911. The Bertz CT molecular complexity index is 528. The van der Waals surface area contributed by atoms with Crippen molar-refractivity contribution in [3.8, 4) is 0 Å². The number of halogens is 1. The van der Waals surface area contributed by atoms with E-state index < -0.39 is 0 Å². The highest BCUT2D eigenvalue weighted by molar-refractivity contribution is 6.04. The zero-order valence-electron chi connectivity index (χ0n) is 13.3. The van der Waals surface area contributed by atoms with Gasteiger partial charge in [-0.3, -0.25) is 10.1 Å². The lowest BCUT2D eigenvalue weighted by Gasteiger charge is -2.23. The van der Waals surface area contributed by atoms with Gasteiger partial charge in [-0.25, -0.2) is 9.38 Å². The third-order valence-corrected chi connectivity index (χ3v) is 3.66. The van der Waals surface area contributed by atoms with Crippen molar-refractivity contribution in [1.82, 2.24) is 5.32 Å². The number of carbonyl (C=O) groups excluding carboxylic acids is 1. The van der Waals surface area contributed by atoms with Crippen molar-refractivity contribution in [2.45, 2.75) is 6.42 Å². The van der Waals surface area contributed by atoms with E-state index in [9.17, 15) is 9.18 Å². The van der Waals surface area contributed by atoms with Crippen LogP contribution in [0.3, 0.4) is 0 Å². The summed E-state index contributed by atoms with van der Waals surface area (Å²) in [6, 6.07) is 5.49. The molecule has 0 saturated carbocycles. The average molecular weight is 324 g/mol. The Morgan fingerprint density at radius 2 is 2.04 bits per heavy atom. The van der Waals surface area contributed by atoms with E-state index in [1.54, 1.807) is 0 Å². The summed E-state index contributed by atoms with van der Waals surface area (Å²) in [4.78, 5) is 17.8. The van der Waals surface area contributed by atoms with Crippen LogP contribution < -0.4 is 10.2 Å². The topological polar surface area (TPSA) is 64.4 Å². The number of amides is 1. The average Bonchev–Trinajstić information content (AvgIpc) is 2.59. The Kier molecular flexibility index (Phi) is 6.96. The number of ether oxygens (including phenoxy) is 2. The third kappa shape index (κ3) is 5.96. The van der Waals surface area contributed by atoms with Crippen molar-refractivity contribution in [3.05, 3.63) is 35.6 Å². The predicted octanol–water partition coefficient (Wildman–Crippen LogP) is -0.137. The molecule has 1 amide bonds. The van der Waals surface area contributed by atoms with Crippen molar-refractivity contribution in [3.63, 3.8) is 0 Å². The minimum atomic E-state index is -0.382. The molecule has 0 radical (unpaired) electrons. The van der Waals surface area contributed by atoms with Gasteiger partial charge >= 0.3 is 0 Å². The number of quaternary nitrogens is 1. The first-order chi connectivity index (χ1) is 11.2. The molecule has 1 aliphatic heterocycles. The van der Waals surface area contributed by atoms with E-state index in [0.29, 0.717) is 12.1 Å². The molecule has 1 heterocycles. The number of benzene rings is 1. The predicted molar refractivity (Wildman–Crippen MR) is 84.2 cm³/mol. The van der Waals surface area contributed by atoms with Crippen LogP contribution in [0.15, 0.2) is 29.3 Å². The van der Waals surface area contributed by atoms with Crippen LogP contribution in [0.25, 0.3) is 0 Å². The second-order valence-electron chi connectivity index (χ2n) is 5.32. The molecule has 2 N–H and O–H groups in total. The lowest BCUT2D eigenvalue weighted by atomic mass is 10.2. The van der Waals surface area contributed by atoms with Crippen LogP contribution in [0.5, 0.6) is 0 Å². The van der Waals surface area contributed by atoms with Crippen molar-refractivity contribution >= 4 is 11.9 Å². The van der Waals surface area contributed by atoms with Crippen molar-refractivity contribution in [1.29, 1.82) is 0 Å². The molecule has 0 atom stereocenters. The van der Waals surface area contributed by atoms with Gasteiger partial charge in [-0.2, -0.15) is 0 Å². The first-order valence-electron chi connectivity index (χ1n) is 7.75. The molecule has 23 heavy (non-hydrogen) atoms. The third-order valence-electron chi connectivity index (χ3n) is 3.66. The van der Waals surface area contributed by atoms with Gasteiger partial charge in [-0.15, -0.1) is 0 Å². The lowest BCUT2D eigenvalue weighted by molar-refractivity contribution is -0.908. The van der Waals surface area contributed by atoms with Gasteiger partial charge in [0.1, 0.15) is 18.9 Å². The van der Waals surface area contributed by atoms with Crippen LogP contribution in [0.2, 0.25) is 0 Å². The van der Waals surface area contributed by atoms with Gasteiger partial charge in [-0.05, 0) is 24.3 Å². The van der Waals surface area contributed by atoms with Crippen molar-refractivity contribution < 1.29 is 23.6 Å². The van der Waals surface area contributed by atoms with E-state index >= 15 is 0 Å². The maximum atomic E-state index is 12.8. The molecule has 7 heteroatoms. The number of nitrogens with one attached hydrogen (secondary N) is 2. The highest BCUT2D eigenvalue weighted by Gasteiger charge is 2.13. The number of nitrogens with zero attached hydrogens (tertiary/aromatic N) is 1. The van der Waals surface area contributed by atoms with Crippen LogP contribution in [0.1, 0.15) is 16.8 Å². The van der Waals surface area contributed by atoms with Crippen LogP contribution in [0.4, 0.5) is 4.39 Å². The molecular weight excluding hydrogens is 301 g/mol. The second kappa shape index (κ2) is 9.22. The number of aliphatic imine (C=N–C) groups is 1. The molecule has 126 valence electrons. The first kappa shape index (κ1) is 17.4. The fraction of sp³-hybridized carbons (Fsp3) is 0.500. The van der Waals surface area contributed by atoms with Gasteiger partial charge in [0.2, 0.25) is 0 Å². The lowest BCUT2D eigenvalue weighted by Crippen LogP contribution is -3.14. The Balaban J connectivity index is 1.76. The Morgan fingerprint density at radius 3 is 2.70 bits per heavy atom. The number of methoxy groups -OCH3 is 1. The van der Waals surface area contributed by atoms with E-state index in [2.05, 4.69) is 10.3 Å². The molecule has 1 fully saturated rings. The summed E-state index contributed by atoms with van der Waals surface area (Å²) >= 11 is 0. The number of amidine groups is 1. The van der Waals surface area contributed by atoms with Crippen LogP contribution >= 0.6 is 0 Å². The maximum absolute atomic E-state index is 12.8. The summed E-state index contributed by atoms with van der Waals surface area (Å²) in [5.41, 5.74) is 0.355. The molecule has 1 aromatic rings. The largest absolute Gasteiger partial charge is 0.468 e. The number of carbonyl (C=O) groups is 1. The standard InChI is InChI=1S/C16H22FN3O3/c1-22-16(18-7-2-8-20-9-11-23-12-10-20)19-15(21)13-3-5-14(17)6-4-13/h3-6H,2,7-12H2,1H3,(H,18,19,21)/p+1. The monoisotopic (exact) mass is 324 g/mol. The summed E-state index contributed by atoms with van der Waals surface area (Å²) in [6.45, 7) is 5.29. The molecule has 1 aliphatic rings. The van der Waals surface area contributed by atoms with Gasteiger partial charge < -0.3 is 14.4 Å². The van der Waals surface area contributed by atoms with Crippen LogP contribution in [-0.4, -0.2) is 58.4 Å². The molecule has 6 nitrogen and oxygen atoms in total. The smallest absolute Gasteiger partial charge is 0.291 e. The SMILES string of the molecule is COC(=NCCC[NH+]1CCOCC1)NC(=O)c1ccc(F)cc1. The van der Waals surface area contributed by atoms with E-state index in [0.717, 1.165) is 39.3 Å². The highest BCUT2D eigenvalue weighted by atomic mass is 19.1. The molecule has 0 unspecified atom stereocenters. The second-order valence-corrected chi connectivity index (χ2v) is 5.32. The quantitative estimate of drug-likeness (QED) is 0.450. The molecule has 1 saturated heterocycles. The molecule has 0 aromatic heterocycles. The Morgan fingerprint density at radius 1 is 1.35 bits per heavy atom. The van der Waals surface area contributed by atoms with Gasteiger partial charge in [0, 0.05) is 18.5 Å². The number of hydrogen-bond donors (Lipinski definition) is 2. The van der Waals surface area contributed by atoms with Crippen molar-refractivity contribution in [2.75, 3.05) is 46.5 Å². The van der Waals surface area contributed by atoms with Crippen molar-refractivity contribution in [2.24, 2.45) is 4.99 Å². The minimum Gasteiger partial charge on any atom is -0.468 e. The van der Waals surface area contributed by atoms with Gasteiger partial charge in [0.25, 0.3) is 11.9 Å². The fourth-order valence-corrected chi connectivity index (χ4v) is 2.35. The van der Waals surface area contributed by atoms with Gasteiger partial charge in [-0.1, -0.05) is 0 Å². The Hall–Kier alpha value is -1.99. The zero-order chi connectivity index (χ0) is 16.5. The highest BCUT2D eigenvalue weighted by Crippen LogP contribution is 2.02. The fourth-order valence-electron chi connectivity index (χ4n) is 2.35. The van der Waals surface area contributed by atoms with E-state index in [4.69, 9.17) is 9.47 Å². The summed E-state index contributed by atoms with van der Waals surface area (Å²) < 4.78 is 23.2. The number of rotatable bonds is 5. The normalized spacial score (nSPS) is 16.2. The van der Waals surface area contributed by atoms with E-state index in [1.165, 1.54) is 36.3 Å². The van der Waals surface area contributed by atoms with Gasteiger partial charge in [0.15, 0.2) is 0 Å². The maximum Gasteiger partial charge on any atom is 0.291 e. The molecule has 1 aromatic carbocycles. The van der Waals surface area contributed by atoms with E-state index in [-0.39, 0.29) is 17.7 Å². The summed E-state index contributed by atoms with van der Waals surface area (Å²) in [7, 11) is 1.46.